The third-order valence-electron chi connectivity index (χ3n) is 4.73. The average molecular weight is 338 g/mol. The molecule has 0 bridgehead atoms. The predicted molar refractivity (Wildman–Crippen MR) is 92.0 cm³/mol. The van der Waals surface area contributed by atoms with Crippen molar-refractivity contribution >= 4 is 11.3 Å². The summed E-state index contributed by atoms with van der Waals surface area (Å²) in [5.41, 5.74) is 2.76. The molecule has 0 saturated carbocycles. The molecule has 7 heteroatoms. The lowest BCUT2D eigenvalue weighted by molar-refractivity contribution is 0.154. The number of β-amino-alcohol motifs (C(OH)–C–C–N with tert-alkyl or cyclic N) is 1. The van der Waals surface area contributed by atoms with E-state index in [1.165, 1.54) is 0 Å². The number of nitrogens with zero attached hydrogens (tertiary/aromatic N) is 4. The molecule has 5 rings (SSSR count). The molecule has 7 nitrogen and oxygen atoms in total. The van der Waals surface area contributed by atoms with Crippen LogP contribution in [0.5, 0.6) is 11.5 Å². The molecule has 1 unspecified atom stereocenters. The van der Waals surface area contributed by atoms with Crippen LogP contribution in [0.1, 0.15) is 12.8 Å². The van der Waals surface area contributed by atoms with Crippen LogP contribution in [0.2, 0.25) is 0 Å². The summed E-state index contributed by atoms with van der Waals surface area (Å²) in [5.74, 6) is 2.37. The Morgan fingerprint density at radius 1 is 1.16 bits per heavy atom. The largest absolute Gasteiger partial charge is 0.454 e. The number of ether oxygens (including phenoxy) is 2. The van der Waals surface area contributed by atoms with Crippen LogP contribution in [0, 0.1) is 0 Å². The van der Waals surface area contributed by atoms with Crippen LogP contribution >= 0.6 is 0 Å². The van der Waals surface area contributed by atoms with Gasteiger partial charge in [-0.3, -0.25) is 0 Å². The Hall–Kier alpha value is -2.80. The van der Waals surface area contributed by atoms with E-state index >= 15 is 0 Å². The smallest absolute Gasteiger partial charge is 0.231 e. The maximum atomic E-state index is 9.97. The number of anilines is 1. The van der Waals surface area contributed by atoms with Crippen molar-refractivity contribution in [3.05, 3.63) is 36.7 Å². The van der Waals surface area contributed by atoms with Crippen LogP contribution in [0.4, 0.5) is 5.82 Å². The van der Waals surface area contributed by atoms with Crippen molar-refractivity contribution in [1.82, 2.24) is 14.6 Å². The summed E-state index contributed by atoms with van der Waals surface area (Å²) in [6.07, 6.45) is 5.11. The summed E-state index contributed by atoms with van der Waals surface area (Å²) in [6, 6.07) is 7.86. The van der Waals surface area contributed by atoms with Gasteiger partial charge in [-0.05, 0) is 37.1 Å². The standard InChI is InChI=1S/C18H18N4O3/c23-13-2-1-6-21(10-13)18-15-9-14(20-22(15)7-5-19-18)12-3-4-16-17(8-12)25-11-24-16/h3-5,7-9,13,23H,1-2,6,10-11H2. The molecule has 2 aromatic heterocycles. The molecule has 0 spiro atoms. The second kappa shape index (κ2) is 5.63. The Morgan fingerprint density at radius 2 is 2.08 bits per heavy atom. The van der Waals surface area contributed by atoms with Crippen LogP contribution < -0.4 is 14.4 Å². The molecule has 128 valence electrons. The minimum absolute atomic E-state index is 0.259. The van der Waals surface area contributed by atoms with Crippen molar-refractivity contribution in [1.29, 1.82) is 0 Å². The first-order chi connectivity index (χ1) is 12.3. The zero-order chi connectivity index (χ0) is 16.8. The van der Waals surface area contributed by atoms with Gasteiger partial charge in [-0.25, -0.2) is 9.50 Å². The highest BCUT2D eigenvalue weighted by Crippen LogP contribution is 2.36. The number of hydrogen-bond acceptors (Lipinski definition) is 6. The van der Waals surface area contributed by atoms with Crippen LogP contribution in [0.25, 0.3) is 16.8 Å². The van der Waals surface area contributed by atoms with Crippen LogP contribution in [-0.2, 0) is 0 Å². The average Bonchev–Trinajstić information content (AvgIpc) is 3.27. The maximum absolute atomic E-state index is 9.97. The van der Waals surface area contributed by atoms with Crippen molar-refractivity contribution < 1.29 is 14.6 Å². The third-order valence-corrected chi connectivity index (χ3v) is 4.73. The monoisotopic (exact) mass is 338 g/mol. The van der Waals surface area contributed by atoms with Gasteiger partial charge in [-0.15, -0.1) is 0 Å². The van der Waals surface area contributed by atoms with Crippen LogP contribution in [0.15, 0.2) is 36.7 Å². The number of piperidine rings is 1. The lowest BCUT2D eigenvalue weighted by Crippen LogP contribution is -2.38. The van der Waals surface area contributed by atoms with Crippen molar-refractivity contribution in [2.75, 3.05) is 24.8 Å². The zero-order valence-corrected chi connectivity index (χ0v) is 13.6. The Balaban J connectivity index is 1.56. The number of hydrogen-bond donors (Lipinski definition) is 1. The van der Waals surface area contributed by atoms with Crippen LogP contribution in [-0.4, -0.2) is 45.7 Å². The summed E-state index contributed by atoms with van der Waals surface area (Å²) < 4.78 is 12.7. The molecular weight excluding hydrogens is 320 g/mol. The van der Waals surface area contributed by atoms with Gasteiger partial charge < -0.3 is 19.5 Å². The van der Waals surface area contributed by atoms with Gasteiger partial charge in [0.25, 0.3) is 0 Å². The summed E-state index contributed by atoms with van der Waals surface area (Å²) in [7, 11) is 0. The molecule has 25 heavy (non-hydrogen) atoms. The Bertz CT molecular complexity index is 939. The fourth-order valence-corrected chi connectivity index (χ4v) is 3.50. The molecule has 4 heterocycles. The number of rotatable bonds is 2. The van der Waals surface area contributed by atoms with Crippen LogP contribution in [0.3, 0.4) is 0 Å². The van der Waals surface area contributed by atoms with Gasteiger partial charge in [-0.1, -0.05) is 0 Å². The molecule has 1 aromatic carbocycles. The number of benzene rings is 1. The third kappa shape index (κ3) is 2.47. The second-order valence-corrected chi connectivity index (χ2v) is 6.42. The summed E-state index contributed by atoms with van der Waals surface area (Å²) in [6.45, 7) is 1.76. The zero-order valence-electron chi connectivity index (χ0n) is 13.6. The maximum Gasteiger partial charge on any atom is 0.231 e. The van der Waals surface area contributed by atoms with Gasteiger partial charge in [0, 0.05) is 31.0 Å². The number of fused-ring (bicyclic) bond motifs is 2. The molecule has 2 aliphatic heterocycles. The SMILES string of the molecule is OC1CCCN(c2nccn3nc(-c4ccc5c(c4)OCO5)cc23)C1. The van der Waals surface area contributed by atoms with E-state index < -0.39 is 0 Å². The fourth-order valence-electron chi connectivity index (χ4n) is 3.50. The Labute approximate surface area is 144 Å². The first kappa shape index (κ1) is 14.5. The fraction of sp³-hybridized carbons (Fsp3) is 0.333. The van der Waals surface area contributed by atoms with E-state index in [-0.39, 0.29) is 12.9 Å². The van der Waals surface area contributed by atoms with Crippen molar-refractivity contribution in [3.63, 3.8) is 0 Å². The summed E-state index contributed by atoms with van der Waals surface area (Å²) in [4.78, 5) is 6.67. The molecular formula is C18H18N4O3. The lowest BCUT2D eigenvalue weighted by atomic mass is 10.1. The quantitative estimate of drug-likeness (QED) is 0.771. The van der Waals surface area contributed by atoms with E-state index in [4.69, 9.17) is 9.47 Å². The molecule has 3 aromatic rings. The molecule has 2 aliphatic rings. The highest BCUT2D eigenvalue weighted by Gasteiger charge is 2.22. The molecule has 0 amide bonds. The summed E-state index contributed by atoms with van der Waals surface area (Å²) >= 11 is 0. The molecule has 1 atom stereocenters. The normalized spacial score (nSPS) is 19.6. The van der Waals surface area contributed by atoms with E-state index in [2.05, 4.69) is 15.0 Å². The van der Waals surface area contributed by atoms with E-state index in [9.17, 15) is 5.11 Å². The van der Waals surface area contributed by atoms with Gasteiger partial charge in [0.1, 0.15) is 5.52 Å². The van der Waals surface area contributed by atoms with Crippen molar-refractivity contribution in [3.8, 4) is 22.8 Å². The highest BCUT2D eigenvalue weighted by molar-refractivity contribution is 5.76. The molecule has 1 N–H and O–H groups in total. The first-order valence-electron chi connectivity index (χ1n) is 8.45. The summed E-state index contributed by atoms with van der Waals surface area (Å²) in [5, 5.41) is 14.6. The topological polar surface area (TPSA) is 72.1 Å². The highest BCUT2D eigenvalue weighted by atomic mass is 16.7. The van der Waals surface area contributed by atoms with Gasteiger partial charge in [0.15, 0.2) is 17.3 Å². The van der Waals surface area contributed by atoms with E-state index in [0.717, 1.165) is 53.5 Å². The Morgan fingerprint density at radius 3 is 3.00 bits per heavy atom. The first-order valence-corrected chi connectivity index (χ1v) is 8.45. The lowest BCUT2D eigenvalue weighted by Gasteiger charge is -2.31. The number of aliphatic hydroxyl groups excluding tert-OH is 1. The number of aliphatic hydroxyl groups is 1. The van der Waals surface area contributed by atoms with Gasteiger partial charge in [0.2, 0.25) is 6.79 Å². The van der Waals surface area contributed by atoms with Gasteiger partial charge in [-0.2, -0.15) is 5.10 Å². The predicted octanol–water partition coefficient (Wildman–Crippen LogP) is 2.09. The minimum Gasteiger partial charge on any atom is -0.454 e. The van der Waals surface area contributed by atoms with Gasteiger partial charge >= 0.3 is 0 Å². The van der Waals surface area contributed by atoms with Gasteiger partial charge in [0.05, 0.1) is 11.8 Å². The van der Waals surface area contributed by atoms with E-state index in [0.29, 0.717) is 6.54 Å². The van der Waals surface area contributed by atoms with Crippen molar-refractivity contribution in [2.45, 2.75) is 18.9 Å². The van der Waals surface area contributed by atoms with Crippen molar-refractivity contribution in [2.24, 2.45) is 0 Å². The molecule has 1 fully saturated rings. The Kier molecular flexibility index (Phi) is 3.27. The van der Waals surface area contributed by atoms with E-state index in [1.807, 2.05) is 35.0 Å². The van der Waals surface area contributed by atoms with E-state index in [1.54, 1.807) is 6.20 Å². The molecule has 1 saturated heterocycles. The molecule has 0 radical (unpaired) electrons. The second-order valence-electron chi connectivity index (χ2n) is 6.42. The number of aromatic nitrogens is 3. The minimum atomic E-state index is -0.299. The molecule has 0 aliphatic carbocycles.